The summed E-state index contributed by atoms with van der Waals surface area (Å²) in [6.45, 7) is 7.97. The molecule has 0 N–H and O–H groups in total. The first-order chi connectivity index (χ1) is 8.45. The van der Waals surface area contributed by atoms with Crippen molar-refractivity contribution in [1.29, 1.82) is 0 Å². The van der Waals surface area contributed by atoms with Crippen LogP contribution in [0.2, 0.25) is 0 Å². The quantitative estimate of drug-likeness (QED) is 0.535. The van der Waals surface area contributed by atoms with Crippen molar-refractivity contribution in [1.82, 2.24) is 0 Å². The second kappa shape index (κ2) is 3.36. The zero-order valence-corrected chi connectivity index (χ0v) is 12.6. The lowest BCUT2D eigenvalue weighted by Gasteiger charge is -2.43. The minimum Gasteiger partial charge on any atom is -0.0594 e. The molecule has 0 nitrogen and oxygen atoms in total. The first-order valence-electron chi connectivity index (χ1n) is 8.45. The maximum Gasteiger partial charge on any atom is -0.0289 e. The Kier molecular flexibility index (Phi) is 2.20. The van der Waals surface area contributed by atoms with Crippen LogP contribution in [-0.4, -0.2) is 0 Å². The maximum absolute atomic E-state index is 2.66. The minimum atomic E-state index is 0.705. The van der Waals surface area contributed by atoms with Crippen LogP contribution in [0.5, 0.6) is 0 Å². The molecule has 6 aliphatic carbocycles. The Balaban J connectivity index is 1.87. The van der Waals surface area contributed by atoms with E-state index >= 15 is 0 Å². The molecule has 6 fully saturated rings. The van der Waals surface area contributed by atoms with Crippen molar-refractivity contribution in [3.05, 3.63) is 0 Å². The summed E-state index contributed by atoms with van der Waals surface area (Å²) in [6, 6.07) is 0. The van der Waals surface area contributed by atoms with Crippen LogP contribution in [0.4, 0.5) is 0 Å². The molecule has 18 heavy (non-hydrogen) atoms. The highest BCUT2D eigenvalue weighted by atomic mass is 14.7. The molecule has 0 heteroatoms. The van der Waals surface area contributed by atoms with Crippen molar-refractivity contribution in [2.75, 3.05) is 0 Å². The van der Waals surface area contributed by atoms with Gasteiger partial charge in [0.25, 0.3) is 0 Å². The lowest BCUT2D eigenvalue weighted by atomic mass is 9.62. The molecule has 6 unspecified atom stereocenters. The van der Waals surface area contributed by atoms with Crippen LogP contribution >= 0.6 is 0 Å². The second-order valence-corrected chi connectivity index (χ2v) is 9.22. The molecule has 0 aromatic rings. The van der Waals surface area contributed by atoms with Crippen molar-refractivity contribution in [2.45, 2.75) is 78.6 Å². The smallest absolute Gasteiger partial charge is 0.0289 e. The van der Waals surface area contributed by atoms with E-state index in [0.717, 1.165) is 17.8 Å². The Morgan fingerprint density at radius 3 is 2.22 bits per heavy atom. The maximum atomic E-state index is 2.66. The molecule has 6 aliphatic rings. The molecule has 6 rings (SSSR count). The first kappa shape index (κ1) is 11.8. The summed E-state index contributed by atoms with van der Waals surface area (Å²) in [5.41, 5.74) is 2.12. The zero-order chi connectivity index (χ0) is 12.6. The van der Waals surface area contributed by atoms with E-state index in [1.54, 1.807) is 25.7 Å². The molecule has 102 valence electrons. The predicted octanol–water partition coefficient (Wildman–Crippen LogP) is 5.42. The third-order valence-electron chi connectivity index (χ3n) is 8.20. The summed E-state index contributed by atoms with van der Waals surface area (Å²) >= 11 is 0. The van der Waals surface area contributed by atoms with Crippen molar-refractivity contribution < 1.29 is 0 Å². The number of hydrogen-bond donors (Lipinski definition) is 0. The van der Waals surface area contributed by atoms with Crippen LogP contribution in [-0.2, 0) is 0 Å². The van der Waals surface area contributed by atoms with Gasteiger partial charge in [-0.05, 0) is 85.4 Å². The van der Waals surface area contributed by atoms with Crippen molar-refractivity contribution in [2.24, 2.45) is 34.0 Å². The van der Waals surface area contributed by atoms with Crippen molar-refractivity contribution in [3.8, 4) is 0 Å². The van der Waals surface area contributed by atoms with E-state index in [1.807, 2.05) is 0 Å². The van der Waals surface area contributed by atoms with E-state index in [-0.39, 0.29) is 0 Å². The van der Waals surface area contributed by atoms with Crippen LogP contribution in [0.1, 0.15) is 78.6 Å². The molecular formula is C18H30. The number of hydrogen-bond acceptors (Lipinski definition) is 0. The average Bonchev–Trinajstić information content (AvgIpc) is 2.58. The first-order valence-corrected chi connectivity index (χ1v) is 8.45. The predicted molar refractivity (Wildman–Crippen MR) is 76.3 cm³/mol. The summed E-state index contributed by atoms with van der Waals surface area (Å²) in [6.07, 6.45) is 13.9. The van der Waals surface area contributed by atoms with Gasteiger partial charge >= 0.3 is 0 Å². The molecule has 6 bridgehead atoms. The Hall–Kier alpha value is 0. The van der Waals surface area contributed by atoms with Gasteiger partial charge in [-0.15, -0.1) is 0 Å². The van der Waals surface area contributed by atoms with E-state index in [4.69, 9.17) is 0 Å². The van der Waals surface area contributed by atoms with Crippen LogP contribution in [0.15, 0.2) is 0 Å². The largest absolute Gasteiger partial charge is 0.0594 e. The molecule has 0 saturated heterocycles. The minimum absolute atomic E-state index is 0.705. The number of fused-ring (bicyclic) bond motifs is 2. The lowest BCUT2D eigenvalue weighted by Crippen LogP contribution is -2.34. The fourth-order valence-corrected chi connectivity index (χ4v) is 7.14. The second-order valence-electron chi connectivity index (χ2n) is 9.22. The highest BCUT2D eigenvalue weighted by Crippen LogP contribution is 2.70. The Morgan fingerprint density at radius 2 is 1.39 bits per heavy atom. The van der Waals surface area contributed by atoms with Gasteiger partial charge in [-0.2, -0.15) is 0 Å². The van der Waals surface area contributed by atoms with Crippen LogP contribution in [0, 0.1) is 34.0 Å². The average molecular weight is 246 g/mol. The molecule has 0 heterocycles. The standard InChI is InChI=1S/C18H30/c1-16-7-4-8-17(2)12-18(3,10-9-16)15-11-13(16)5-6-14(15)17/h13-15H,4-12H2,1-3H3. The van der Waals surface area contributed by atoms with Gasteiger partial charge in [-0.25, -0.2) is 0 Å². The van der Waals surface area contributed by atoms with Gasteiger partial charge in [0.05, 0.1) is 0 Å². The normalized spacial score (nSPS) is 62.5. The van der Waals surface area contributed by atoms with Gasteiger partial charge in [0.2, 0.25) is 0 Å². The third-order valence-corrected chi connectivity index (χ3v) is 8.20. The molecule has 0 radical (unpaired) electrons. The Bertz CT molecular complexity index is 372. The highest BCUT2D eigenvalue weighted by molar-refractivity contribution is 5.11. The van der Waals surface area contributed by atoms with E-state index in [9.17, 15) is 0 Å². The van der Waals surface area contributed by atoms with Gasteiger partial charge in [0.1, 0.15) is 0 Å². The fourth-order valence-electron chi connectivity index (χ4n) is 7.14. The molecule has 0 amide bonds. The van der Waals surface area contributed by atoms with Crippen LogP contribution in [0.25, 0.3) is 0 Å². The monoisotopic (exact) mass is 246 g/mol. The van der Waals surface area contributed by atoms with Gasteiger partial charge in [0.15, 0.2) is 0 Å². The van der Waals surface area contributed by atoms with E-state index in [2.05, 4.69) is 20.8 Å². The highest BCUT2D eigenvalue weighted by Gasteiger charge is 2.61. The number of rotatable bonds is 0. The van der Waals surface area contributed by atoms with Gasteiger partial charge in [-0.1, -0.05) is 27.2 Å². The summed E-state index contributed by atoms with van der Waals surface area (Å²) in [5, 5.41) is 0. The van der Waals surface area contributed by atoms with E-state index in [0.29, 0.717) is 16.2 Å². The van der Waals surface area contributed by atoms with Crippen molar-refractivity contribution >= 4 is 0 Å². The van der Waals surface area contributed by atoms with Crippen molar-refractivity contribution in [3.63, 3.8) is 0 Å². The van der Waals surface area contributed by atoms with Crippen LogP contribution in [0.3, 0.4) is 0 Å². The molecule has 6 atom stereocenters. The summed E-state index contributed by atoms with van der Waals surface area (Å²) < 4.78 is 0. The van der Waals surface area contributed by atoms with E-state index in [1.165, 1.54) is 32.1 Å². The van der Waals surface area contributed by atoms with Crippen LogP contribution < -0.4 is 0 Å². The van der Waals surface area contributed by atoms with Gasteiger partial charge < -0.3 is 0 Å². The molecule has 0 spiro atoms. The van der Waals surface area contributed by atoms with E-state index < -0.39 is 0 Å². The summed E-state index contributed by atoms with van der Waals surface area (Å²) in [5.74, 6) is 3.24. The molecule has 0 aromatic heterocycles. The summed E-state index contributed by atoms with van der Waals surface area (Å²) in [4.78, 5) is 0. The third kappa shape index (κ3) is 1.33. The molecule has 6 saturated carbocycles. The Morgan fingerprint density at radius 1 is 0.722 bits per heavy atom. The van der Waals surface area contributed by atoms with Gasteiger partial charge in [-0.3, -0.25) is 0 Å². The SMILES string of the molecule is CC12CCCC3(C)CC(C)(CC1)C1CC2CCC13. The lowest BCUT2D eigenvalue weighted by molar-refractivity contribution is 0.0678. The molecule has 0 aliphatic heterocycles. The topological polar surface area (TPSA) is 0 Å². The molecular weight excluding hydrogens is 216 g/mol. The molecule has 0 aromatic carbocycles. The van der Waals surface area contributed by atoms with Gasteiger partial charge in [0, 0.05) is 0 Å². The zero-order valence-electron chi connectivity index (χ0n) is 12.6. The fraction of sp³-hybridized carbons (Fsp3) is 1.00. The Labute approximate surface area is 113 Å². The summed E-state index contributed by atoms with van der Waals surface area (Å²) in [7, 11) is 0.